The Bertz CT molecular complexity index is 537. The second-order valence-corrected chi connectivity index (χ2v) is 5.65. The Balaban J connectivity index is 1.94. The zero-order valence-corrected chi connectivity index (χ0v) is 13.5. The molecule has 0 amide bonds. The van der Waals surface area contributed by atoms with Gasteiger partial charge in [-0.05, 0) is 40.5 Å². The van der Waals surface area contributed by atoms with Gasteiger partial charge in [-0.25, -0.2) is 0 Å². The van der Waals surface area contributed by atoms with Gasteiger partial charge in [-0.3, -0.25) is 0 Å². The normalized spacial score (nSPS) is 11.2. The molecule has 0 radical (unpaired) electrons. The number of nitrogens with one attached hydrogen (secondary N) is 1. The predicted molar refractivity (Wildman–Crippen MR) is 83.2 cm³/mol. The maximum atomic E-state index is 5.68. The third-order valence-electron chi connectivity index (χ3n) is 3.44. The smallest absolute Gasteiger partial charge is 0.248 e. The Kier molecular flexibility index (Phi) is 5.73. The maximum absolute atomic E-state index is 5.68. The average Bonchev–Trinajstić information content (AvgIpc) is 2.93. The van der Waals surface area contributed by atoms with Gasteiger partial charge in [-0.15, -0.1) is 10.2 Å². The SMILES string of the molecule is CCC(CC)CNCc1nnc(-c2ccccc2Br)o1. The van der Waals surface area contributed by atoms with Crippen LogP contribution in [0, 0.1) is 5.92 Å². The molecule has 0 aliphatic rings. The number of benzene rings is 1. The summed E-state index contributed by atoms with van der Waals surface area (Å²) in [6.07, 6.45) is 2.38. The molecule has 20 heavy (non-hydrogen) atoms. The Morgan fingerprint density at radius 3 is 2.65 bits per heavy atom. The molecule has 0 fully saturated rings. The first-order valence-electron chi connectivity index (χ1n) is 7.02. The summed E-state index contributed by atoms with van der Waals surface area (Å²) in [6, 6.07) is 7.83. The van der Waals surface area contributed by atoms with Gasteiger partial charge >= 0.3 is 0 Å². The number of nitrogens with zero attached hydrogens (tertiary/aromatic N) is 2. The summed E-state index contributed by atoms with van der Waals surface area (Å²) in [5.74, 6) is 1.89. The molecular formula is C15H20BrN3O. The molecule has 0 saturated heterocycles. The molecule has 5 heteroatoms. The number of hydrogen-bond donors (Lipinski definition) is 1. The van der Waals surface area contributed by atoms with Crippen molar-refractivity contribution in [3.8, 4) is 11.5 Å². The van der Waals surface area contributed by atoms with Gasteiger partial charge in [0, 0.05) is 4.47 Å². The number of aromatic nitrogens is 2. The van der Waals surface area contributed by atoms with Crippen molar-refractivity contribution in [3.05, 3.63) is 34.6 Å². The fourth-order valence-electron chi connectivity index (χ4n) is 2.03. The van der Waals surface area contributed by atoms with Crippen molar-refractivity contribution >= 4 is 15.9 Å². The molecule has 1 aromatic carbocycles. The number of rotatable bonds is 7. The highest BCUT2D eigenvalue weighted by molar-refractivity contribution is 9.10. The van der Waals surface area contributed by atoms with E-state index in [1.807, 2.05) is 24.3 Å². The van der Waals surface area contributed by atoms with Crippen molar-refractivity contribution in [3.63, 3.8) is 0 Å². The molecule has 0 unspecified atom stereocenters. The molecule has 108 valence electrons. The largest absolute Gasteiger partial charge is 0.419 e. The van der Waals surface area contributed by atoms with Gasteiger partial charge in [0.2, 0.25) is 11.8 Å². The van der Waals surface area contributed by atoms with Gasteiger partial charge in [-0.1, -0.05) is 38.8 Å². The Morgan fingerprint density at radius 2 is 1.95 bits per heavy atom. The molecule has 0 atom stereocenters. The third kappa shape index (κ3) is 3.90. The number of halogens is 1. The van der Waals surface area contributed by atoms with E-state index in [0.717, 1.165) is 16.6 Å². The third-order valence-corrected chi connectivity index (χ3v) is 4.13. The van der Waals surface area contributed by atoms with Crippen molar-refractivity contribution in [2.45, 2.75) is 33.2 Å². The molecule has 4 nitrogen and oxygen atoms in total. The first-order chi connectivity index (χ1) is 9.74. The Morgan fingerprint density at radius 1 is 1.20 bits per heavy atom. The maximum Gasteiger partial charge on any atom is 0.248 e. The molecule has 2 aromatic rings. The van der Waals surface area contributed by atoms with E-state index in [9.17, 15) is 0 Å². The van der Waals surface area contributed by atoms with Crippen LogP contribution < -0.4 is 5.32 Å². The van der Waals surface area contributed by atoms with E-state index < -0.39 is 0 Å². The monoisotopic (exact) mass is 337 g/mol. The Hall–Kier alpha value is -1.20. The summed E-state index contributed by atoms with van der Waals surface area (Å²) in [5, 5.41) is 11.6. The van der Waals surface area contributed by atoms with Crippen LogP contribution in [0.2, 0.25) is 0 Å². The number of hydrogen-bond acceptors (Lipinski definition) is 4. The predicted octanol–water partition coefficient (Wildman–Crippen LogP) is 4.02. The highest BCUT2D eigenvalue weighted by Gasteiger charge is 2.11. The van der Waals surface area contributed by atoms with E-state index in [0.29, 0.717) is 24.2 Å². The van der Waals surface area contributed by atoms with Gasteiger partial charge in [0.05, 0.1) is 12.1 Å². The molecular weight excluding hydrogens is 318 g/mol. The second kappa shape index (κ2) is 7.55. The Labute approximate surface area is 128 Å². The lowest BCUT2D eigenvalue weighted by atomic mass is 10.0. The quantitative estimate of drug-likeness (QED) is 0.828. The summed E-state index contributed by atoms with van der Waals surface area (Å²) >= 11 is 3.49. The molecule has 0 spiro atoms. The molecule has 0 aliphatic carbocycles. The van der Waals surface area contributed by atoms with E-state index in [2.05, 4.69) is 45.3 Å². The van der Waals surface area contributed by atoms with Crippen LogP contribution in [0.1, 0.15) is 32.6 Å². The second-order valence-electron chi connectivity index (χ2n) is 4.79. The summed E-state index contributed by atoms with van der Waals surface area (Å²) in [6.45, 7) is 6.04. The van der Waals surface area contributed by atoms with E-state index in [-0.39, 0.29) is 0 Å². The highest BCUT2D eigenvalue weighted by atomic mass is 79.9. The lowest BCUT2D eigenvalue weighted by molar-refractivity contribution is 0.418. The van der Waals surface area contributed by atoms with Gasteiger partial charge in [-0.2, -0.15) is 0 Å². The van der Waals surface area contributed by atoms with Crippen LogP contribution in [0.25, 0.3) is 11.5 Å². The molecule has 1 N–H and O–H groups in total. The molecule has 0 aliphatic heterocycles. The van der Waals surface area contributed by atoms with Crippen LogP contribution in [0.4, 0.5) is 0 Å². The van der Waals surface area contributed by atoms with Gasteiger partial charge in [0.15, 0.2) is 0 Å². The zero-order chi connectivity index (χ0) is 14.4. The van der Waals surface area contributed by atoms with E-state index in [4.69, 9.17) is 4.42 Å². The summed E-state index contributed by atoms with van der Waals surface area (Å²) < 4.78 is 6.64. The minimum Gasteiger partial charge on any atom is -0.419 e. The first-order valence-corrected chi connectivity index (χ1v) is 7.81. The van der Waals surface area contributed by atoms with E-state index in [1.165, 1.54) is 12.8 Å². The van der Waals surface area contributed by atoms with Crippen LogP contribution in [-0.2, 0) is 6.54 Å². The van der Waals surface area contributed by atoms with Gasteiger partial charge < -0.3 is 9.73 Å². The summed E-state index contributed by atoms with van der Waals surface area (Å²) in [4.78, 5) is 0. The minimum atomic E-state index is 0.553. The summed E-state index contributed by atoms with van der Waals surface area (Å²) in [7, 11) is 0. The van der Waals surface area contributed by atoms with Crippen LogP contribution >= 0.6 is 15.9 Å². The highest BCUT2D eigenvalue weighted by Crippen LogP contribution is 2.26. The van der Waals surface area contributed by atoms with E-state index >= 15 is 0 Å². The van der Waals surface area contributed by atoms with Crippen LogP contribution in [0.3, 0.4) is 0 Å². The average molecular weight is 338 g/mol. The van der Waals surface area contributed by atoms with Crippen molar-refractivity contribution in [2.75, 3.05) is 6.54 Å². The molecule has 0 saturated carbocycles. The van der Waals surface area contributed by atoms with Crippen LogP contribution in [-0.4, -0.2) is 16.7 Å². The van der Waals surface area contributed by atoms with Crippen LogP contribution in [0.5, 0.6) is 0 Å². The summed E-state index contributed by atoms with van der Waals surface area (Å²) in [5.41, 5.74) is 0.922. The van der Waals surface area contributed by atoms with Crippen molar-refractivity contribution < 1.29 is 4.42 Å². The molecule has 0 bridgehead atoms. The molecule has 1 aromatic heterocycles. The standard InChI is InChI=1S/C15H20BrN3O/c1-3-11(4-2)9-17-10-14-18-19-15(20-14)12-7-5-6-8-13(12)16/h5-8,11,17H,3-4,9-10H2,1-2H3. The molecule has 2 rings (SSSR count). The minimum absolute atomic E-state index is 0.553. The van der Waals surface area contributed by atoms with Crippen molar-refractivity contribution in [1.29, 1.82) is 0 Å². The lowest BCUT2D eigenvalue weighted by Gasteiger charge is -2.11. The van der Waals surface area contributed by atoms with Gasteiger partial charge in [0.25, 0.3) is 0 Å². The fraction of sp³-hybridized carbons (Fsp3) is 0.467. The van der Waals surface area contributed by atoms with Gasteiger partial charge in [0.1, 0.15) is 0 Å². The van der Waals surface area contributed by atoms with Crippen molar-refractivity contribution in [2.24, 2.45) is 5.92 Å². The fourth-order valence-corrected chi connectivity index (χ4v) is 2.48. The topological polar surface area (TPSA) is 51.0 Å². The first kappa shape index (κ1) is 15.2. The molecule has 1 heterocycles. The van der Waals surface area contributed by atoms with Crippen LogP contribution in [0.15, 0.2) is 33.2 Å². The van der Waals surface area contributed by atoms with Crippen molar-refractivity contribution in [1.82, 2.24) is 15.5 Å². The lowest BCUT2D eigenvalue weighted by Crippen LogP contribution is -2.21. The zero-order valence-electron chi connectivity index (χ0n) is 11.9. The van der Waals surface area contributed by atoms with E-state index in [1.54, 1.807) is 0 Å².